The summed E-state index contributed by atoms with van der Waals surface area (Å²) in [4.78, 5) is 14.8. The van der Waals surface area contributed by atoms with Crippen LogP contribution in [0.25, 0.3) is 0 Å². The Morgan fingerprint density at radius 1 is 1.08 bits per heavy atom. The Balaban J connectivity index is 2.43. The molecule has 1 fully saturated rings. The topological polar surface area (TPSA) is 69.7 Å². The summed E-state index contributed by atoms with van der Waals surface area (Å²) < 4.78 is 27.1. The minimum atomic E-state index is -3.56. The zero-order valence-electron chi connectivity index (χ0n) is 16.3. The van der Waals surface area contributed by atoms with Gasteiger partial charge in [-0.2, -0.15) is 4.31 Å². The van der Waals surface area contributed by atoms with Gasteiger partial charge in [-0.25, -0.2) is 8.42 Å². The third-order valence-corrected chi connectivity index (χ3v) is 7.20. The van der Waals surface area contributed by atoms with Crippen molar-refractivity contribution in [1.29, 1.82) is 0 Å². The maximum absolute atomic E-state index is 12.9. The Morgan fingerprint density at radius 3 is 2.15 bits per heavy atom. The number of carbonyl (C=O) groups excluding carboxylic acids is 1. The second-order valence-electron chi connectivity index (χ2n) is 6.56. The fourth-order valence-corrected chi connectivity index (χ4v) is 4.72. The van der Waals surface area contributed by atoms with Crippen molar-refractivity contribution in [1.82, 2.24) is 4.31 Å². The van der Waals surface area contributed by atoms with Crippen molar-refractivity contribution < 1.29 is 13.2 Å². The summed E-state index contributed by atoms with van der Waals surface area (Å²) in [5.74, 6) is 0.0321. The second kappa shape index (κ2) is 8.86. The third-order valence-electron chi connectivity index (χ3n) is 5.15. The van der Waals surface area contributed by atoms with E-state index in [0.29, 0.717) is 18.8 Å². The minimum Gasteiger partial charge on any atom is -0.370 e. The molecule has 2 rings (SSSR count). The normalized spacial score (nSPS) is 15.0. The first kappa shape index (κ1) is 20.7. The van der Waals surface area contributed by atoms with E-state index in [-0.39, 0.29) is 16.7 Å². The summed E-state index contributed by atoms with van der Waals surface area (Å²) in [5, 5.41) is 2.99. The highest BCUT2D eigenvalue weighted by Gasteiger charge is 2.28. The molecule has 0 bridgehead atoms. The van der Waals surface area contributed by atoms with Crippen molar-refractivity contribution in [3.05, 3.63) is 18.2 Å². The smallest absolute Gasteiger partial charge is 0.243 e. The van der Waals surface area contributed by atoms with Gasteiger partial charge in [0.15, 0.2) is 0 Å². The van der Waals surface area contributed by atoms with Gasteiger partial charge in [0, 0.05) is 32.1 Å². The fourth-order valence-electron chi connectivity index (χ4n) is 3.23. The number of nitrogens with one attached hydrogen (secondary N) is 1. The van der Waals surface area contributed by atoms with Crippen molar-refractivity contribution in [3.63, 3.8) is 0 Å². The van der Waals surface area contributed by atoms with Crippen LogP contribution in [0.15, 0.2) is 23.1 Å². The molecular formula is C19H31N3O3S. The molecule has 0 aromatic heterocycles. The summed E-state index contributed by atoms with van der Waals surface area (Å²) in [6, 6.07) is 5.05. The van der Waals surface area contributed by atoms with Crippen molar-refractivity contribution in [2.75, 3.05) is 36.4 Å². The number of hydrogen-bond acceptors (Lipinski definition) is 4. The van der Waals surface area contributed by atoms with Crippen molar-refractivity contribution >= 4 is 27.3 Å². The number of amides is 1. The first-order valence-electron chi connectivity index (χ1n) is 9.58. The van der Waals surface area contributed by atoms with E-state index in [9.17, 15) is 13.2 Å². The standard InChI is InChI=1S/C19H31N3O3S/c1-5-21(6-2)18-13-12-16(26(24,25)22(7-3)8-4)14-17(18)20-19(23)15-10-9-11-15/h12-15H,5-11H2,1-4H3,(H,20,23). The molecule has 7 heteroatoms. The zero-order chi connectivity index (χ0) is 19.3. The summed E-state index contributed by atoms with van der Waals surface area (Å²) >= 11 is 0. The van der Waals surface area contributed by atoms with Gasteiger partial charge in [-0.15, -0.1) is 0 Å². The minimum absolute atomic E-state index is 0.0120. The summed E-state index contributed by atoms with van der Waals surface area (Å²) in [6.45, 7) is 10.1. The maximum Gasteiger partial charge on any atom is 0.243 e. The number of carbonyl (C=O) groups is 1. The van der Waals surface area contributed by atoms with E-state index in [0.717, 1.165) is 38.0 Å². The monoisotopic (exact) mass is 381 g/mol. The molecule has 0 heterocycles. The predicted octanol–water partition coefficient (Wildman–Crippen LogP) is 3.30. The van der Waals surface area contributed by atoms with E-state index >= 15 is 0 Å². The zero-order valence-corrected chi connectivity index (χ0v) is 17.1. The molecule has 26 heavy (non-hydrogen) atoms. The highest BCUT2D eigenvalue weighted by atomic mass is 32.2. The molecule has 0 unspecified atom stereocenters. The molecule has 6 nitrogen and oxygen atoms in total. The van der Waals surface area contributed by atoms with Gasteiger partial charge in [0.05, 0.1) is 16.3 Å². The number of hydrogen-bond donors (Lipinski definition) is 1. The summed E-state index contributed by atoms with van der Waals surface area (Å²) in [6.07, 6.45) is 2.89. The van der Waals surface area contributed by atoms with Gasteiger partial charge >= 0.3 is 0 Å². The Kier molecular flexibility index (Phi) is 7.06. The number of rotatable bonds is 9. The third kappa shape index (κ3) is 4.20. The second-order valence-corrected chi connectivity index (χ2v) is 8.50. The molecule has 0 saturated heterocycles. The SMILES string of the molecule is CCN(CC)c1ccc(S(=O)(=O)N(CC)CC)cc1NC(=O)C1CCC1. The molecule has 0 aliphatic heterocycles. The van der Waals surface area contributed by atoms with Gasteiger partial charge in [-0.1, -0.05) is 20.3 Å². The van der Waals surface area contributed by atoms with Crippen LogP contribution in [-0.2, 0) is 14.8 Å². The van der Waals surface area contributed by atoms with Gasteiger partial charge < -0.3 is 10.2 Å². The first-order chi connectivity index (χ1) is 12.4. The molecule has 1 saturated carbocycles. The van der Waals surface area contributed by atoms with Crippen LogP contribution in [0, 0.1) is 5.92 Å². The number of nitrogens with zero attached hydrogens (tertiary/aromatic N) is 2. The lowest BCUT2D eigenvalue weighted by Gasteiger charge is -2.28. The average molecular weight is 382 g/mol. The molecule has 0 spiro atoms. The summed E-state index contributed by atoms with van der Waals surface area (Å²) in [5.41, 5.74) is 1.44. The van der Waals surface area contributed by atoms with Crippen LogP contribution >= 0.6 is 0 Å². The Morgan fingerprint density at radius 2 is 1.69 bits per heavy atom. The maximum atomic E-state index is 12.9. The van der Waals surface area contributed by atoms with Crippen LogP contribution in [0.4, 0.5) is 11.4 Å². The summed E-state index contributed by atoms with van der Waals surface area (Å²) in [7, 11) is -3.56. The van der Waals surface area contributed by atoms with Crippen LogP contribution < -0.4 is 10.2 Å². The van der Waals surface area contributed by atoms with E-state index in [1.807, 2.05) is 27.7 Å². The van der Waals surface area contributed by atoms with Gasteiger partial charge in [-0.05, 0) is 44.9 Å². The van der Waals surface area contributed by atoms with Crippen LogP contribution in [0.5, 0.6) is 0 Å². The molecule has 1 aromatic rings. The lowest BCUT2D eigenvalue weighted by atomic mass is 9.85. The quantitative estimate of drug-likeness (QED) is 0.712. The highest BCUT2D eigenvalue weighted by Crippen LogP contribution is 2.33. The predicted molar refractivity (Wildman–Crippen MR) is 106 cm³/mol. The van der Waals surface area contributed by atoms with Crippen LogP contribution in [0.2, 0.25) is 0 Å². The van der Waals surface area contributed by atoms with Crippen molar-refractivity contribution in [2.24, 2.45) is 5.92 Å². The molecule has 0 radical (unpaired) electrons. The van der Waals surface area contributed by atoms with Crippen LogP contribution in [0.1, 0.15) is 47.0 Å². The molecule has 1 aliphatic rings. The molecule has 0 atom stereocenters. The Labute approximate surface area is 157 Å². The molecular weight excluding hydrogens is 350 g/mol. The van der Waals surface area contributed by atoms with E-state index in [1.165, 1.54) is 4.31 Å². The van der Waals surface area contributed by atoms with Crippen molar-refractivity contribution in [2.45, 2.75) is 51.9 Å². The van der Waals surface area contributed by atoms with E-state index in [1.54, 1.807) is 18.2 Å². The van der Waals surface area contributed by atoms with Gasteiger partial charge in [-0.3, -0.25) is 4.79 Å². The molecule has 146 valence electrons. The largest absolute Gasteiger partial charge is 0.370 e. The molecule has 1 N–H and O–H groups in total. The average Bonchev–Trinajstić information content (AvgIpc) is 2.56. The lowest BCUT2D eigenvalue weighted by Crippen LogP contribution is -2.32. The van der Waals surface area contributed by atoms with E-state index in [4.69, 9.17) is 0 Å². The number of anilines is 2. The van der Waals surface area contributed by atoms with Crippen LogP contribution in [-0.4, -0.2) is 44.8 Å². The molecule has 1 amide bonds. The number of benzene rings is 1. The number of sulfonamides is 1. The Bertz CT molecular complexity index is 722. The lowest BCUT2D eigenvalue weighted by molar-refractivity contribution is -0.122. The van der Waals surface area contributed by atoms with Gasteiger partial charge in [0.25, 0.3) is 0 Å². The molecule has 1 aromatic carbocycles. The van der Waals surface area contributed by atoms with Crippen molar-refractivity contribution in [3.8, 4) is 0 Å². The Hall–Kier alpha value is -1.60. The van der Waals surface area contributed by atoms with E-state index < -0.39 is 10.0 Å². The van der Waals surface area contributed by atoms with Gasteiger partial charge in [0.1, 0.15) is 0 Å². The van der Waals surface area contributed by atoms with Gasteiger partial charge in [0.2, 0.25) is 15.9 Å². The first-order valence-corrected chi connectivity index (χ1v) is 11.0. The van der Waals surface area contributed by atoms with Crippen LogP contribution in [0.3, 0.4) is 0 Å². The van der Waals surface area contributed by atoms with E-state index in [2.05, 4.69) is 10.2 Å². The highest BCUT2D eigenvalue weighted by molar-refractivity contribution is 7.89. The fraction of sp³-hybridized carbons (Fsp3) is 0.632. The molecule has 1 aliphatic carbocycles.